The molecule has 67 valence electrons. The van der Waals surface area contributed by atoms with Crippen LogP contribution in [0.2, 0.25) is 0 Å². The van der Waals surface area contributed by atoms with E-state index in [0.29, 0.717) is 0 Å². The monoisotopic (exact) mass is 203 g/mol. The first-order valence-corrected chi connectivity index (χ1v) is 5.40. The van der Waals surface area contributed by atoms with Gasteiger partial charge in [-0.25, -0.2) is 0 Å². The minimum absolute atomic E-state index is 0.563. The average molecular weight is 203 g/mol. The van der Waals surface area contributed by atoms with Gasteiger partial charge in [0.25, 0.3) is 10.1 Å². The molecule has 0 rings (SSSR count). The number of hydrogen-bond acceptors (Lipinski definition) is 5. The first-order valence-electron chi connectivity index (χ1n) is 2.46. The molecule has 0 aliphatic rings. The van der Waals surface area contributed by atoms with Crippen LogP contribution in [0.5, 0.6) is 0 Å². The Labute approximate surface area is 65.3 Å². The molecule has 1 N–H and O–H groups in total. The normalized spacial score (nSPS) is 13.3. The van der Waals surface area contributed by atoms with E-state index in [9.17, 15) is 16.8 Å². The van der Waals surface area contributed by atoms with Crippen LogP contribution < -0.4 is 0 Å². The molecule has 0 aromatic rings. The van der Waals surface area contributed by atoms with E-state index in [-0.39, 0.29) is 0 Å². The lowest BCUT2D eigenvalue weighted by molar-refractivity contribution is 0.384. The highest BCUT2D eigenvalue weighted by Crippen LogP contribution is 1.99. The summed E-state index contributed by atoms with van der Waals surface area (Å²) in [7, 11) is -9.09. The lowest BCUT2D eigenvalue weighted by Gasteiger charge is -1.97. The second-order valence-corrected chi connectivity index (χ2v) is 4.48. The van der Waals surface area contributed by atoms with Gasteiger partial charge in [0.05, 0.1) is 5.75 Å². The molecule has 0 aliphatic heterocycles. The summed E-state index contributed by atoms with van der Waals surface area (Å²) in [4.78, 5) is 0. The lowest BCUT2D eigenvalue weighted by atomic mass is 10.6. The van der Waals surface area contributed by atoms with Crippen LogP contribution in [-0.2, 0) is 24.1 Å². The maximum atomic E-state index is 10.5. The Hall–Kier alpha value is -0.180. The van der Waals surface area contributed by atoms with E-state index in [1.54, 1.807) is 0 Å². The van der Waals surface area contributed by atoms with Crippen molar-refractivity contribution in [2.24, 2.45) is 0 Å². The highest BCUT2D eigenvalue weighted by atomic mass is 32.3. The third-order valence-corrected chi connectivity index (χ3v) is 2.82. The molecule has 0 aromatic carbocycles. The van der Waals surface area contributed by atoms with Crippen LogP contribution in [-0.4, -0.2) is 27.1 Å². The van der Waals surface area contributed by atoms with Gasteiger partial charge in [-0.3, -0.25) is 4.55 Å². The summed E-state index contributed by atoms with van der Waals surface area (Å²) in [5, 5.41) is 0. The van der Waals surface area contributed by atoms with Gasteiger partial charge in [0.15, 0.2) is 0 Å². The summed E-state index contributed by atoms with van der Waals surface area (Å²) in [5.41, 5.74) is 0. The Bertz CT molecular complexity index is 297. The van der Waals surface area contributed by atoms with Crippen molar-refractivity contribution in [3.05, 3.63) is 6.42 Å². The van der Waals surface area contributed by atoms with Crippen molar-refractivity contribution in [1.82, 2.24) is 0 Å². The number of rotatable bonds is 4. The largest absolute Gasteiger partial charge is 0.412 e. The van der Waals surface area contributed by atoms with Gasteiger partial charge < -0.3 is 0 Å². The minimum Gasteiger partial charge on any atom is -0.263 e. The van der Waals surface area contributed by atoms with Gasteiger partial charge in [-0.1, -0.05) is 6.92 Å². The van der Waals surface area contributed by atoms with Crippen LogP contribution in [0.3, 0.4) is 0 Å². The lowest BCUT2D eigenvalue weighted by Crippen LogP contribution is -2.15. The van der Waals surface area contributed by atoms with Crippen molar-refractivity contribution in [3.8, 4) is 0 Å². The predicted molar refractivity (Wildman–Crippen MR) is 36.4 cm³/mol. The van der Waals surface area contributed by atoms with E-state index in [0.717, 1.165) is 0 Å². The minimum atomic E-state index is -4.91. The van der Waals surface area contributed by atoms with E-state index in [1.807, 2.05) is 0 Å². The summed E-state index contributed by atoms with van der Waals surface area (Å²) >= 11 is 0. The quantitative estimate of drug-likeness (QED) is 0.610. The molecule has 6 nitrogen and oxygen atoms in total. The molecule has 8 heteroatoms. The fourth-order valence-electron chi connectivity index (χ4n) is 0.363. The van der Waals surface area contributed by atoms with E-state index in [4.69, 9.17) is 4.55 Å². The molecular weight excluding hydrogens is 196 g/mol. The first kappa shape index (κ1) is 10.8. The van der Waals surface area contributed by atoms with Gasteiger partial charge in [0.2, 0.25) is 0 Å². The van der Waals surface area contributed by atoms with Crippen LogP contribution >= 0.6 is 0 Å². The van der Waals surface area contributed by atoms with Crippen LogP contribution in [0.25, 0.3) is 0 Å². The fourth-order valence-corrected chi connectivity index (χ4v) is 2.04. The molecular formula is C3H7O6S2. The smallest absolute Gasteiger partial charge is 0.263 e. The highest BCUT2D eigenvalue weighted by molar-refractivity contribution is 7.97. The molecule has 0 aromatic heterocycles. The standard InChI is InChI=1S/C3H7O6S2/c1-2-3-10(4,5)9-11(6,7)8/h2H,3H2,1H3,(H,6,7,8). The van der Waals surface area contributed by atoms with Gasteiger partial charge in [-0.2, -0.15) is 16.8 Å². The van der Waals surface area contributed by atoms with Crippen molar-refractivity contribution in [3.63, 3.8) is 0 Å². The second-order valence-electron chi connectivity index (χ2n) is 1.63. The molecule has 0 bridgehead atoms. The molecule has 0 saturated carbocycles. The highest BCUT2D eigenvalue weighted by Gasteiger charge is 2.18. The van der Waals surface area contributed by atoms with E-state index < -0.39 is 26.3 Å². The van der Waals surface area contributed by atoms with Gasteiger partial charge >= 0.3 is 10.4 Å². The Morgan fingerprint density at radius 1 is 1.36 bits per heavy atom. The third kappa shape index (κ3) is 6.23. The maximum Gasteiger partial charge on any atom is 0.412 e. The Balaban J connectivity index is 4.40. The summed E-state index contributed by atoms with van der Waals surface area (Å²) in [6.45, 7) is 1.41. The molecule has 0 spiro atoms. The van der Waals surface area contributed by atoms with E-state index in [1.165, 1.54) is 13.3 Å². The van der Waals surface area contributed by atoms with E-state index >= 15 is 0 Å². The summed E-state index contributed by atoms with van der Waals surface area (Å²) in [6.07, 6.45) is 1.18. The molecule has 0 aliphatic carbocycles. The summed E-state index contributed by atoms with van der Waals surface area (Å²) in [5.74, 6) is -0.563. The van der Waals surface area contributed by atoms with Crippen LogP contribution in [0.1, 0.15) is 6.92 Å². The number of hydrogen-bond donors (Lipinski definition) is 1. The van der Waals surface area contributed by atoms with Crippen molar-refractivity contribution < 1.29 is 25.0 Å². The zero-order valence-electron chi connectivity index (χ0n) is 5.59. The molecule has 0 amide bonds. The maximum absolute atomic E-state index is 10.5. The Kier molecular flexibility index (Phi) is 3.42. The Morgan fingerprint density at radius 2 is 1.82 bits per heavy atom. The molecule has 1 radical (unpaired) electrons. The molecule has 0 unspecified atom stereocenters. The Morgan fingerprint density at radius 3 is 2.09 bits per heavy atom. The zero-order chi connectivity index (χ0) is 9.12. The van der Waals surface area contributed by atoms with Crippen LogP contribution in [0.15, 0.2) is 0 Å². The molecule has 0 atom stereocenters. The van der Waals surface area contributed by atoms with Crippen molar-refractivity contribution in [2.45, 2.75) is 6.92 Å². The fraction of sp³-hybridized carbons (Fsp3) is 0.667. The molecule has 0 saturated heterocycles. The van der Waals surface area contributed by atoms with Gasteiger partial charge in [0, 0.05) is 0 Å². The summed E-state index contributed by atoms with van der Waals surface area (Å²) in [6, 6.07) is 0. The van der Waals surface area contributed by atoms with Crippen molar-refractivity contribution >= 4 is 20.5 Å². The molecule has 0 fully saturated rings. The van der Waals surface area contributed by atoms with Gasteiger partial charge in [0.1, 0.15) is 0 Å². The zero-order valence-corrected chi connectivity index (χ0v) is 7.22. The molecule has 11 heavy (non-hydrogen) atoms. The third-order valence-electron chi connectivity index (χ3n) is 0.560. The second kappa shape index (κ2) is 3.48. The van der Waals surface area contributed by atoms with Gasteiger partial charge in [-0.05, 0) is 6.42 Å². The summed E-state index contributed by atoms with van der Waals surface area (Å²) < 4.78 is 51.9. The average Bonchev–Trinajstić information content (AvgIpc) is 1.55. The van der Waals surface area contributed by atoms with Crippen molar-refractivity contribution in [1.29, 1.82) is 0 Å². The predicted octanol–water partition coefficient (Wildman–Crippen LogP) is -0.640. The van der Waals surface area contributed by atoms with Crippen molar-refractivity contribution in [2.75, 3.05) is 5.75 Å². The van der Waals surface area contributed by atoms with Gasteiger partial charge in [-0.15, -0.1) is 3.63 Å². The molecule has 0 heterocycles. The van der Waals surface area contributed by atoms with Crippen LogP contribution in [0, 0.1) is 6.42 Å². The van der Waals surface area contributed by atoms with Crippen LogP contribution in [0.4, 0.5) is 0 Å². The topological polar surface area (TPSA) is 97.7 Å². The van der Waals surface area contributed by atoms with E-state index in [2.05, 4.69) is 3.63 Å². The first-order chi connectivity index (χ1) is 4.77. The SMILES string of the molecule is C[CH]CS(=O)(=O)OS(=O)(=O)O.